The lowest BCUT2D eigenvalue weighted by atomic mass is 10.1. The van der Waals surface area contributed by atoms with Crippen LogP contribution in [0.25, 0.3) is 0 Å². The van der Waals surface area contributed by atoms with Crippen molar-refractivity contribution < 1.29 is 0 Å². The predicted octanol–water partition coefficient (Wildman–Crippen LogP) is 2.76. The van der Waals surface area contributed by atoms with Crippen LogP contribution in [0.5, 0.6) is 0 Å². The first-order chi connectivity index (χ1) is 5.16. The molecule has 11 heavy (non-hydrogen) atoms. The fourth-order valence-corrected chi connectivity index (χ4v) is 1.43. The molecule has 0 saturated carbocycles. The highest BCUT2D eigenvalue weighted by atomic mass is 35.5. The number of rotatable bonds is 1. The highest BCUT2D eigenvalue weighted by molar-refractivity contribution is 6.36. The van der Waals surface area contributed by atoms with Crippen molar-refractivity contribution in [3.63, 3.8) is 0 Å². The van der Waals surface area contributed by atoms with Gasteiger partial charge in [-0.1, -0.05) is 29.3 Å². The Bertz CT molecular complexity index is 271. The number of hydrogen-bond donors (Lipinski definition) is 1. The molecule has 0 aliphatic heterocycles. The van der Waals surface area contributed by atoms with Gasteiger partial charge in [0.15, 0.2) is 0 Å². The van der Waals surface area contributed by atoms with E-state index in [9.17, 15) is 0 Å². The largest absolute Gasteiger partial charge is 0.326 e. The smallest absolute Gasteiger partial charge is 0.0494 e. The number of nitrogens with two attached hydrogens (primary N) is 1. The molecule has 0 aliphatic carbocycles. The summed E-state index contributed by atoms with van der Waals surface area (Å²) in [7, 11) is 0. The third-order valence-corrected chi connectivity index (χ3v) is 2.46. The molecule has 0 saturated heterocycles. The van der Waals surface area contributed by atoms with Crippen LogP contribution in [0.2, 0.25) is 10.0 Å². The summed E-state index contributed by atoms with van der Waals surface area (Å²) in [6.07, 6.45) is 0. The Hall–Kier alpha value is -0.240. The van der Waals surface area contributed by atoms with Crippen LogP contribution in [0.3, 0.4) is 0 Å². The van der Waals surface area contributed by atoms with Gasteiger partial charge < -0.3 is 5.73 Å². The molecular formula is C8H9Cl2N. The van der Waals surface area contributed by atoms with Crippen molar-refractivity contribution in [1.29, 1.82) is 0 Å². The van der Waals surface area contributed by atoms with Crippen LogP contribution in [-0.4, -0.2) is 0 Å². The quantitative estimate of drug-likeness (QED) is 0.723. The summed E-state index contributed by atoms with van der Waals surface area (Å²) in [6, 6.07) is 3.69. The SMILES string of the molecule is Cc1ccc(Cl)c(CN)c1Cl. The van der Waals surface area contributed by atoms with E-state index in [1.807, 2.05) is 19.1 Å². The lowest BCUT2D eigenvalue weighted by molar-refractivity contribution is 1.07. The number of halogens is 2. The summed E-state index contributed by atoms with van der Waals surface area (Å²) in [6.45, 7) is 2.32. The molecule has 1 nitrogen and oxygen atoms in total. The van der Waals surface area contributed by atoms with E-state index < -0.39 is 0 Å². The van der Waals surface area contributed by atoms with Crippen LogP contribution in [0, 0.1) is 6.92 Å². The first-order valence-electron chi connectivity index (χ1n) is 3.30. The third kappa shape index (κ3) is 1.67. The minimum atomic E-state index is 0.388. The topological polar surface area (TPSA) is 26.0 Å². The second-order valence-electron chi connectivity index (χ2n) is 2.36. The van der Waals surface area contributed by atoms with Crippen molar-refractivity contribution in [2.75, 3.05) is 0 Å². The van der Waals surface area contributed by atoms with Crippen molar-refractivity contribution in [2.45, 2.75) is 13.5 Å². The molecule has 60 valence electrons. The summed E-state index contributed by atoms with van der Waals surface area (Å²) in [5.41, 5.74) is 7.29. The van der Waals surface area contributed by atoms with Gasteiger partial charge in [-0.25, -0.2) is 0 Å². The summed E-state index contributed by atoms with van der Waals surface area (Å²) >= 11 is 11.8. The predicted molar refractivity (Wildman–Crippen MR) is 49.1 cm³/mol. The van der Waals surface area contributed by atoms with Gasteiger partial charge in [-0.2, -0.15) is 0 Å². The minimum absolute atomic E-state index is 0.388. The Morgan fingerprint density at radius 2 is 2.00 bits per heavy atom. The van der Waals surface area contributed by atoms with E-state index in [1.54, 1.807) is 0 Å². The summed E-state index contributed by atoms with van der Waals surface area (Å²) in [5, 5.41) is 1.32. The number of aryl methyl sites for hydroxylation is 1. The fraction of sp³-hybridized carbons (Fsp3) is 0.250. The molecule has 1 aromatic carbocycles. The minimum Gasteiger partial charge on any atom is -0.326 e. The van der Waals surface area contributed by atoms with Crippen molar-refractivity contribution in [2.24, 2.45) is 5.73 Å². The molecule has 0 fully saturated rings. The molecule has 0 aliphatic rings. The van der Waals surface area contributed by atoms with Crippen molar-refractivity contribution in [3.05, 3.63) is 33.3 Å². The maximum Gasteiger partial charge on any atom is 0.0494 e. The van der Waals surface area contributed by atoms with E-state index in [4.69, 9.17) is 28.9 Å². The highest BCUT2D eigenvalue weighted by Gasteiger charge is 2.05. The van der Waals surface area contributed by atoms with Gasteiger partial charge in [-0.05, 0) is 18.6 Å². The van der Waals surface area contributed by atoms with Crippen LogP contribution >= 0.6 is 23.2 Å². The summed E-state index contributed by atoms with van der Waals surface area (Å²) in [4.78, 5) is 0. The Morgan fingerprint density at radius 1 is 1.36 bits per heavy atom. The van der Waals surface area contributed by atoms with Crippen LogP contribution in [0.4, 0.5) is 0 Å². The molecule has 0 atom stereocenters. The Morgan fingerprint density at radius 3 is 2.45 bits per heavy atom. The molecule has 0 heterocycles. The molecule has 0 unspecified atom stereocenters. The van der Waals surface area contributed by atoms with E-state index >= 15 is 0 Å². The van der Waals surface area contributed by atoms with E-state index in [0.717, 1.165) is 11.1 Å². The van der Waals surface area contributed by atoms with Gasteiger partial charge in [0, 0.05) is 22.2 Å². The maximum atomic E-state index is 5.93. The summed E-state index contributed by atoms with van der Waals surface area (Å²) < 4.78 is 0. The van der Waals surface area contributed by atoms with Crippen LogP contribution in [0.1, 0.15) is 11.1 Å². The monoisotopic (exact) mass is 189 g/mol. The van der Waals surface area contributed by atoms with Gasteiger partial charge in [-0.3, -0.25) is 0 Å². The third-order valence-electron chi connectivity index (χ3n) is 1.58. The standard InChI is InChI=1S/C8H9Cl2N/c1-5-2-3-7(9)6(4-11)8(5)10/h2-3H,4,11H2,1H3. The summed E-state index contributed by atoms with van der Waals surface area (Å²) in [5.74, 6) is 0. The van der Waals surface area contributed by atoms with E-state index in [1.165, 1.54) is 0 Å². The second-order valence-corrected chi connectivity index (χ2v) is 3.15. The normalized spacial score (nSPS) is 10.2. The van der Waals surface area contributed by atoms with Gasteiger partial charge in [0.05, 0.1) is 0 Å². The van der Waals surface area contributed by atoms with Gasteiger partial charge >= 0.3 is 0 Å². The van der Waals surface area contributed by atoms with Gasteiger partial charge in [0.2, 0.25) is 0 Å². The van der Waals surface area contributed by atoms with E-state index in [0.29, 0.717) is 16.6 Å². The molecule has 0 amide bonds. The van der Waals surface area contributed by atoms with Crippen molar-refractivity contribution in [3.8, 4) is 0 Å². The Balaban J connectivity index is 3.29. The van der Waals surface area contributed by atoms with Crippen LogP contribution < -0.4 is 5.73 Å². The Labute approximate surface area is 76.1 Å². The zero-order valence-corrected chi connectivity index (χ0v) is 7.71. The van der Waals surface area contributed by atoms with Crippen LogP contribution in [0.15, 0.2) is 12.1 Å². The van der Waals surface area contributed by atoms with E-state index in [2.05, 4.69) is 0 Å². The van der Waals surface area contributed by atoms with E-state index in [-0.39, 0.29) is 0 Å². The lowest BCUT2D eigenvalue weighted by Gasteiger charge is -2.05. The van der Waals surface area contributed by atoms with Gasteiger partial charge in [0.25, 0.3) is 0 Å². The molecule has 1 rings (SSSR count). The van der Waals surface area contributed by atoms with Crippen LogP contribution in [-0.2, 0) is 6.54 Å². The molecule has 1 aromatic rings. The van der Waals surface area contributed by atoms with Gasteiger partial charge in [-0.15, -0.1) is 0 Å². The Kier molecular flexibility index (Phi) is 2.77. The van der Waals surface area contributed by atoms with Crippen molar-refractivity contribution in [1.82, 2.24) is 0 Å². The maximum absolute atomic E-state index is 5.93. The fourth-order valence-electron chi connectivity index (χ4n) is 0.902. The molecule has 2 N–H and O–H groups in total. The zero-order valence-electron chi connectivity index (χ0n) is 6.20. The first-order valence-corrected chi connectivity index (χ1v) is 4.06. The lowest BCUT2D eigenvalue weighted by Crippen LogP contribution is -1.99. The zero-order chi connectivity index (χ0) is 8.43. The second kappa shape index (κ2) is 3.44. The molecule has 0 radical (unpaired) electrons. The molecule has 0 aromatic heterocycles. The van der Waals surface area contributed by atoms with Crippen molar-refractivity contribution >= 4 is 23.2 Å². The highest BCUT2D eigenvalue weighted by Crippen LogP contribution is 2.26. The number of benzene rings is 1. The van der Waals surface area contributed by atoms with Gasteiger partial charge in [0.1, 0.15) is 0 Å². The first kappa shape index (κ1) is 8.85. The average Bonchev–Trinajstić information content (AvgIpc) is 1.99. The molecule has 3 heteroatoms. The molecular weight excluding hydrogens is 181 g/mol. The molecule has 0 bridgehead atoms. The average molecular weight is 190 g/mol. The molecule has 0 spiro atoms. The number of hydrogen-bond acceptors (Lipinski definition) is 1.